The molecule has 2 atom stereocenters. The lowest BCUT2D eigenvalue weighted by molar-refractivity contribution is 0.339. The summed E-state index contributed by atoms with van der Waals surface area (Å²) in [6.07, 6.45) is 3.65. The number of nitrogens with zero attached hydrogens (tertiary/aromatic N) is 1. The predicted molar refractivity (Wildman–Crippen MR) is 50.9 cm³/mol. The van der Waals surface area contributed by atoms with Gasteiger partial charge in [-0.05, 0) is 25.3 Å². The standard InChI is InChI=1S/C8H16N2O2S/c1-13(11,12)10-5-7-3-2-4-9-8(7)6-10/h7-9H,2-6H2,1H3. The van der Waals surface area contributed by atoms with Crippen LogP contribution in [-0.4, -0.2) is 44.7 Å². The van der Waals surface area contributed by atoms with Crippen molar-refractivity contribution in [3.05, 3.63) is 0 Å². The summed E-state index contributed by atoms with van der Waals surface area (Å²) in [7, 11) is -2.97. The van der Waals surface area contributed by atoms with Crippen LogP contribution in [0.5, 0.6) is 0 Å². The molecule has 0 aromatic rings. The fraction of sp³-hybridized carbons (Fsp3) is 1.00. The summed E-state index contributed by atoms with van der Waals surface area (Å²) in [6, 6.07) is 0.406. The predicted octanol–water partition coefficient (Wildman–Crippen LogP) is -0.370. The van der Waals surface area contributed by atoms with Crippen molar-refractivity contribution in [2.75, 3.05) is 25.9 Å². The minimum atomic E-state index is -2.97. The molecule has 2 rings (SSSR count). The second-order valence-corrected chi connectivity index (χ2v) is 6.03. The third-order valence-corrected chi connectivity index (χ3v) is 4.27. The van der Waals surface area contributed by atoms with Gasteiger partial charge in [-0.25, -0.2) is 12.7 Å². The molecule has 0 bridgehead atoms. The molecule has 0 amide bonds. The largest absolute Gasteiger partial charge is 0.312 e. The smallest absolute Gasteiger partial charge is 0.211 e. The van der Waals surface area contributed by atoms with Crippen LogP contribution in [0.1, 0.15) is 12.8 Å². The highest BCUT2D eigenvalue weighted by molar-refractivity contribution is 7.88. The van der Waals surface area contributed by atoms with Crippen LogP contribution in [0.4, 0.5) is 0 Å². The van der Waals surface area contributed by atoms with E-state index in [1.165, 1.54) is 19.1 Å². The molecule has 4 nitrogen and oxygen atoms in total. The van der Waals surface area contributed by atoms with E-state index in [0.29, 0.717) is 18.5 Å². The Hall–Kier alpha value is -0.130. The van der Waals surface area contributed by atoms with Crippen molar-refractivity contribution in [3.63, 3.8) is 0 Å². The van der Waals surface area contributed by atoms with E-state index in [9.17, 15) is 8.42 Å². The molecular formula is C8H16N2O2S. The number of sulfonamides is 1. The highest BCUT2D eigenvalue weighted by atomic mass is 32.2. The second-order valence-electron chi connectivity index (χ2n) is 4.04. The van der Waals surface area contributed by atoms with Gasteiger partial charge in [0.05, 0.1) is 6.26 Å². The first-order valence-corrected chi connectivity index (χ1v) is 6.61. The molecule has 5 heteroatoms. The number of nitrogens with one attached hydrogen (secondary N) is 1. The van der Waals surface area contributed by atoms with Crippen LogP contribution < -0.4 is 5.32 Å². The molecule has 2 aliphatic rings. The highest BCUT2D eigenvalue weighted by Gasteiger charge is 2.37. The van der Waals surface area contributed by atoms with Crippen molar-refractivity contribution in [2.24, 2.45) is 5.92 Å². The SMILES string of the molecule is CS(=O)(=O)N1CC2CCCNC2C1. The molecule has 0 spiro atoms. The fourth-order valence-corrected chi connectivity index (χ4v) is 3.17. The summed E-state index contributed by atoms with van der Waals surface area (Å²) in [4.78, 5) is 0. The Bertz CT molecular complexity index is 275. The van der Waals surface area contributed by atoms with Gasteiger partial charge >= 0.3 is 0 Å². The van der Waals surface area contributed by atoms with Crippen LogP contribution in [0, 0.1) is 5.92 Å². The third-order valence-electron chi connectivity index (χ3n) is 3.03. The fourth-order valence-electron chi connectivity index (χ4n) is 2.28. The maximum absolute atomic E-state index is 11.3. The van der Waals surface area contributed by atoms with E-state index in [1.54, 1.807) is 4.31 Å². The maximum atomic E-state index is 11.3. The quantitative estimate of drug-likeness (QED) is 0.634. The van der Waals surface area contributed by atoms with Crippen LogP contribution in [-0.2, 0) is 10.0 Å². The Morgan fingerprint density at radius 1 is 1.38 bits per heavy atom. The van der Waals surface area contributed by atoms with Gasteiger partial charge in [-0.15, -0.1) is 0 Å². The third kappa shape index (κ3) is 1.87. The van der Waals surface area contributed by atoms with Crippen molar-refractivity contribution in [2.45, 2.75) is 18.9 Å². The van der Waals surface area contributed by atoms with Crippen LogP contribution >= 0.6 is 0 Å². The summed E-state index contributed by atoms with van der Waals surface area (Å²) in [5.41, 5.74) is 0. The lowest BCUT2D eigenvalue weighted by Crippen LogP contribution is -2.40. The summed E-state index contributed by atoms with van der Waals surface area (Å²) in [5.74, 6) is 0.545. The lowest BCUT2D eigenvalue weighted by Gasteiger charge is -2.24. The summed E-state index contributed by atoms with van der Waals surface area (Å²) < 4.78 is 24.1. The maximum Gasteiger partial charge on any atom is 0.211 e. The van der Waals surface area contributed by atoms with Gasteiger partial charge in [0.25, 0.3) is 0 Å². The first-order valence-electron chi connectivity index (χ1n) is 4.76. The number of rotatable bonds is 1. The first kappa shape index (κ1) is 9.43. The normalized spacial score (nSPS) is 36.1. The minimum absolute atomic E-state index is 0.406. The van der Waals surface area contributed by atoms with Gasteiger partial charge in [-0.2, -0.15) is 0 Å². The van der Waals surface area contributed by atoms with Crippen molar-refractivity contribution >= 4 is 10.0 Å². The van der Waals surface area contributed by atoms with Gasteiger partial charge in [0.2, 0.25) is 10.0 Å². The molecule has 2 heterocycles. The number of fused-ring (bicyclic) bond motifs is 1. The van der Waals surface area contributed by atoms with Crippen LogP contribution in [0.15, 0.2) is 0 Å². The van der Waals surface area contributed by atoms with E-state index >= 15 is 0 Å². The number of hydrogen-bond donors (Lipinski definition) is 1. The minimum Gasteiger partial charge on any atom is -0.312 e. The summed E-state index contributed by atoms with van der Waals surface area (Å²) in [5, 5.41) is 3.38. The molecule has 2 aliphatic heterocycles. The van der Waals surface area contributed by atoms with E-state index in [0.717, 1.165) is 13.1 Å². The van der Waals surface area contributed by atoms with Gasteiger partial charge < -0.3 is 5.32 Å². The molecule has 0 aromatic heterocycles. The Balaban J connectivity index is 2.07. The van der Waals surface area contributed by atoms with Crippen molar-refractivity contribution < 1.29 is 8.42 Å². The first-order chi connectivity index (χ1) is 6.07. The molecule has 2 unspecified atom stereocenters. The molecular weight excluding hydrogens is 188 g/mol. The van der Waals surface area contributed by atoms with E-state index in [1.807, 2.05) is 0 Å². The lowest BCUT2D eigenvalue weighted by atomic mass is 9.94. The molecule has 76 valence electrons. The van der Waals surface area contributed by atoms with E-state index < -0.39 is 10.0 Å². The second kappa shape index (κ2) is 3.22. The molecule has 0 aliphatic carbocycles. The molecule has 0 aromatic carbocycles. The topological polar surface area (TPSA) is 49.4 Å². The Labute approximate surface area is 79.4 Å². The van der Waals surface area contributed by atoms with Gasteiger partial charge in [0.15, 0.2) is 0 Å². The molecule has 0 radical (unpaired) electrons. The van der Waals surface area contributed by atoms with E-state index in [4.69, 9.17) is 0 Å². The zero-order valence-electron chi connectivity index (χ0n) is 7.86. The zero-order valence-corrected chi connectivity index (χ0v) is 8.68. The van der Waals surface area contributed by atoms with Crippen LogP contribution in [0.25, 0.3) is 0 Å². The van der Waals surface area contributed by atoms with Gasteiger partial charge in [-0.3, -0.25) is 0 Å². The summed E-state index contributed by atoms with van der Waals surface area (Å²) >= 11 is 0. The Morgan fingerprint density at radius 3 is 2.77 bits per heavy atom. The van der Waals surface area contributed by atoms with Crippen LogP contribution in [0.3, 0.4) is 0 Å². The highest BCUT2D eigenvalue weighted by Crippen LogP contribution is 2.26. The van der Waals surface area contributed by atoms with Crippen molar-refractivity contribution in [1.82, 2.24) is 9.62 Å². The van der Waals surface area contributed by atoms with Crippen LogP contribution in [0.2, 0.25) is 0 Å². The number of piperidine rings is 1. The average molecular weight is 204 g/mol. The molecule has 2 saturated heterocycles. The zero-order chi connectivity index (χ0) is 9.47. The van der Waals surface area contributed by atoms with E-state index in [-0.39, 0.29) is 0 Å². The Kier molecular flexibility index (Phi) is 2.33. The van der Waals surface area contributed by atoms with Crippen molar-refractivity contribution in [3.8, 4) is 0 Å². The average Bonchev–Trinajstić information content (AvgIpc) is 2.45. The Morgan fingerprint density at radius 2 is 2.15 bits per heavy atom. The monoisotopic (exact) mass is 204 g/mol. The van der Waals surface area contributed by atoms with Gasteiger partial charge in [0.1, 0.15) is 0 Å². The molecule has 2 fully saturated rings. The van der Waals surface area contributed by atoms with Gasteiger partial charge in [-0.1, -0.05) is 0 Å². The molecule has 0 saturated carbocycles. The van der Waals surface area contributed by atoms with E-state index in [2.05, 4.69) is 5.32 Å². The van der Waals surface area contributed by atoms with Crippen molar-refractivity contribution in [1.29, 1.82) is 0 Å². The molecule has 1 N–H and O–H groups in total. The number of hydrogen-bond acceptors (Lipinski definition) is 3. The molecule has 13 heavy (non-hydrogen) atoms. The summed E-state index contributed by atoms with van der Waals surface area (Å²) in [6.45, 7) is 2.43. The van der Waals surface area contributed by atoms with Gasteiger partial charge in [0, 0.05) is 19.1 Å².